The molecule has 0 aliphatic heterocycles. The van der Waals surface area contributed by atoms with Crippen molar-refractivity contribution in [2.24, 2.45) is 0 Å². The van der Waals surface area contributed by atoms with E-state index in [-0.39, 0.29) is 17.9 Å². The van der Waals surface area contributed by atoms with E-state index in [0.29, 0.717) is 11.4 Å². The van der Waals surface area contributed by atoms with Gasteiger partial charge >= 0.3 is 5.97 Å². The summed E-state index contributed by atoms with van der Waals surface area (Å²) in [6.45, 7) is 0. The molecule has 1 atom stereocenters. The molecule has 0 fully saturated rings. The minimum atomic E-state index is -1.49. The summed E-state index contributed by atoms with van der Waals surface area (Å²) in [7, 11) is -0.00445. The second-order valence-electron chi connectivity index (χ2n) is 3.68. The fourth-order valence-electron chi connectivity index (χ4n) is 1.35. The zero-order chi connectivity index (χ0) is 14.3. The first-order chi connectivity index (χ1) is 9.02. The standard InChI is InChI=1S/C12H15NO5S/c1-18-10-5-3-2-4-9(10)13-11(14)8-19(17)7-6-12(15)16/h2-5H,6-8H2,1H3,(H,13,14)(H,15,16). The van der Waals surface area contributed by atoms with Gasteiger partial charge in [-0.3, -0.25) is 13.8 Å². The molecule has 1 aromatic rings. The molecule has 2 N–H and O–H groups in total. The number of carboxylic acid groups (broad SMARTS) is 1. The van der Waals surface area contributed by atoms with Gasteiger partial charge in [-0.25, -0.2) is 0 Å². The summed E-state index contributed by atoms with van der Waals surface area (Å²) in [6.07, 6.45) is -0.214. The molecule has 1 amide bonds. The number of nitrogens with one attached hydrogen (secondary N) is 1. The second-order valence-corrected chi connectivity index (χ2v) is 5.26. The lowest BCUT2D eigenvalue weighted by Crippen LogP contribution is -2.21. The average Bonchev–Trinajstić information content (AvgIpc) is 2.37. The summed E-state index contributed by atoms with van der Waals surface area (Å²) in [4.78, 5) is 21.9. The third-order valence-electron chi connectivity index (χ3n) is 2.22. The van der Waals surface area contributed by atoms with Crippen LogP contribution < -0.4 is 10.1 Å². The Morgan fingerprint density at radius 1 is 1.37 bits per heavy atom. The van der Waals surface area contributed by atoms with Crippen molar-refractivity contribution in [2.75, 3.05) is 23.9 Å². The SMILES string of the molecule is COc1ccccc1NC(=O)CS(=O)CCC(=O)O. The third kappa shape index (κ3) is 5.52. The van der Waals surface area contributed by atoms with Crippen LogP contribution in [0.1, 0.15) is 6.42 Å². The molecule has 6 nitrogen and oxygen atoms in total. The number of rotatable bonds is 7. The van der Waals surface area contributed by atoms with Crippen molar-refractivity contribution >= 4 is 28.4 Å². The number of carbonyl (C=O) groups is 2. The number of methoxy groups -OCH3 is 1. The van der Waals surface area contributed by atoms with Crippen LogP contribution >= 0.6 is 0 Å². The van der Waals surface area contributed by atoms with E-state index in [1.165, 1.54) is 7.11 Å². The maximum absolute atomic E-state index is 11.6. The Kier molecular flexibility index (Phi) is 6.01. The Morgan fingerprint density at radius 2 is 2.05 bits per heavy atom. The van der Waals surface area contributed by atoms with Crippen LogP contribution in [0.3, 0.4) is 0 Å². The normalized spacial score (nSPS) is 11.6. The number of ether oxygens (including phenoxy) is 1. The predicted molar refractivity (Wildman–Crippen MR) is 71.8 cm³/mol. The van der Waals surface area contributed by atoms with Crippen LogP contribution in [0.25, 0.3) is 0 Å². The molecule has 0 aliphatic carbocycles. The molecule has 0 aromatic heterocycles. The lowest BCUT2D eigenvalue weighted by atomic mass is 10.3. The molecular weight excluding hydrogens is 270 g/mol. The molecule has 0 heterocycles. The number of amides is 1. The average molecular weight is 285 g/mol. The Labute approximate surface area is 113 Å². The Bertz CT molecular complexity index is 489. The van der Waals surface area contributed by atoms with Gasteiger partial charge in [0, 0.05) is 16.6 Å². The Morgan fingerprint density at radius 3 is 2.68 bits per heavy atom. The molecule has 1 aromatic carbocycles. The minimum Gasteiger partial charge on any atom is -0.495 e. The topological polar surface area (TPSA) is 92.7 Å². The van der Waals surface area contributed by atoms with Gasteiger partial charge in [-0.1, -0.05) is 12.1 Å². The summed E-state index contributed by atoms with van der Waals surface area (Å²) in [6, 6.07) is 6.85. The molecule has 0 spiro atoms. The highest BCUT2D eigenvalue weighted by molar-refractivity contribution is 7.85. The first-order valence-electron chi connectivity index (χ1n) is 5.52. The summed E-state index contributed by atoms with van der Waals surface area (Å²) < 4.78 is 16.5. The van der Waals surface area contributed by atoms with Crippen molar-refractivity contribution in [3.8, 4) is 5.75 Å². The second kappa shape index (κ2) is 7.52. The van der Waals surface area contributed by atoms with Crippen molar-refractivity contribution in [3.05, 3.63) is 24.3 Å². The van der Waals surface area contributed by atoms with Gasteiger partial charge in [0.1, 0.15) is 11.5 Å². The molecule has 104 valence electrons. The van der Waals surface area contributed by atoms with Crippen molar-refractivity contribution in [3.63, 3.8) is 0 Å². The largest absolute Gasteiger partial charge is 0.495 e. The van der Waals surface area contributed by atoms with E-state index in [0.717, 1.165) is 0 Å². The number of hydrogen-bond acceptors (Lipinski definition) is 4. The number of para-hydroxylation sites is 2. The van der Waals surface area contributed by atoms with E-state index >= 15 is 0 Å². The summed E-state index contributed by atoms with van der Waals surface area (Å²) >= 11 is 0. The third-order valence-corrected chi connectivity index (χ3v) is 3.46. The van der Waals surface area contributed by atoms with E-state index in [4.69, 9.17) is 9.84 Å². The number of anilines is 1. The first-order valence-corrected chi connectivity index (χ1v) is 7.01. The van der Waals surface area contributed by atoms with Crippen LogP contribution in [0.4, 0.5) is 5.69 Å². The highest BCUT2D eigenvalue weighted by atomic mass is 32.2. The molecule has 0 saturated heterocycles. The maximum atomic E-state index is 11.6. The first kappa shape index (κ1) is 15.2. The smallest absolute Gasteiger partial charge is 0.304 e. The molecular formula is C12H15NO5S. The van der Waals surface area contributed by atoms with Gasteiger partial charge < -0.3 is 15.2 Å². The van der Waals surface area contributed by atoms with E-state index in [2.05, 4.69) is 5.32 Å². The lowest BCUT2D eigenvalue weighted by molar-refractivity contribution is -0.136. The van der Waals surface area contributed by atoms with Gasteiger partial charge in [-0.05, 0) is 12.1 Å². The van der Waals surface area contributed by atoms with Crippen LogP contribution in [0, 0.1) is 0 Å². The van der Waals surface area contributed by atoms with Crippen molar-refractivity contribution < 1.29 is 23.6 Å². The molecule has 19 heavy (non-hydrogen) atoms. The zero-order valence-electron chi connectivity index (χ0n) is 10.4. The van der Waals surface area contributed by atoms with Crippen LogP contribution in [0.2, 0.25) is 0 Å². The highest BCUT2D eigenvalue weighted by Gasteiger charge is 2.11. The molecule has 0 bridgehead atoms. The van der Waals surface area contributed by atoms with Crippen LogP contribution in [0.15, 0.2) is 24.3 Å². The van der Waals surface area contributed by atoms with Gasteiger partial charge in [0.25, 0.3) is 0 Å². The Balaban J connectivity index is 2.51. The number of carbonyl (C=O) groups excluding carboxylic acids is 1. The van der Waals surface area contributed by atoms with Crippen molar-refractivity contribution in [1.29, 1.82) is 0 Å². The van der Waals surface area contributed by atoms with Crippen molar-refractivity contribution in [1.82, 2.24) is 0 Å². The van der Waals surface area contributed by atoms with Crippen molar-refractivity contribution in [2.45, 2.75) is 6.42 Å². The maximum Gasteiger partial charge on any atom is 0.304 e. The molecule has 0 radical (unpaired) electrons. The van der Waals surface area contributed by atoms with Crippen LogP contribution in [-0.4, -0.2) is 39.8 Å². The van der Waals surface area contributed by atoms with Crippen LogP contribution in [0.5, 0.6) is 5.75 Å². The molecule has 0 saturated carbocycles. The van der Waals surface area contributed by atoms with E-state index in [1.54, 1.807) is 24.3 Å². The molecule has 1 rings (SSSR count). The van der Waals surface area contributed by atoms with Gasteiger partial charge in [-0.2, -0.15) is 0 Å². The number of hydrogen-bond donors (Lipinski definition) is 2. The summed E-state index contributed by atoms with van der Waals surface area (Å²) in [5, 5.41) is 11.0. The summed E-state index contributed by atoms with van der Waals surface area (Å²) in [5.74, 6) is -1.22. The van der Waals surface area contributed by atoms with Gasteiger partial charge in [0.05, 0.1) is 19.2 Å². The fraction of sp³-hybridized carbons (Fsp3) is 0.333. The monoisotopic (exact) mass is 285 g/mol. The molecule has 7 heteroatoms. The van der Waals surface area contributed by atoms with Gasteiger partial charge in [0.2, 0.25) is 5.91 Å². The van der Waals surface area contributed by atoms with Crippen LogP contribution in [-0.2, 0) is 20.4 Å². The highest BCUT2D eigenvalue weighted by Crippen LogP contribution is 2.22. The lowest BCUT2D eigenvalue weighted by Gasteiger charge is -2.09. The number of aliphatic carboxylic acids is 1. The Hall–Kier alpha value is -1.89. The van der Waals surface area contributed by atoms with E-state index < -0.39 is 22.7 Å². The van der Waals surface area contributed by atoms with E-state index in [9.17, 15) is 13.8 Å². The molecule has 1 unspecified atom stereocenters. The zero-order valence-corrected chi connectivity index (χ0v) is 11.2. The molecule has 0 aliphatic rings. The summed E-state index contributed by atoms with van der Waals surface area (Å²) in [5.41, 5.74) is 0.491. The quantitative estimate of drug-likeness (QED) is 0.775. The minimum absolute atomic E-state index is 0.0331. The number of carboxylic acids is 1. The predicted octanol–water partition coefficient (Wildman–Crippen LogP) is 0.857. The number of benzene rings is 1. The van der Waals surface area contributed by atoms with Gasteiger partial charge in [0.15, 0.2) is 0 Å². The van der Waals surface area contributed by atoms with E-state index in [1.807, 2.05) is 0 Å². The fourth-order valence-corrected chi connectivity index (χ4v) is 2.26. The van der Waals surface area contributed by atoms with Gasteiger partial charge in [-0.15, -0.1) is 0 Å².